The van der Waals surface area contributed by atoms with Crippen LogP contribution < -0.4 is 10.6 Å². The summed E-state index contributed by atoms with van der Waals surface area (Å²) in [5, 5.41) is 4.35. The van der Waals surface area contributed by atoms with Crippen molar-refractivity contribution in [3.63, 3.8) is 0 Å². The van der Waals surface area contributed by atoms with E-state index < -0.39 is 0 Å². The molecule has 13 heavy (non-hydrogen) atoms. The predicted octanol–water partition coefficient (Wildman–Crippen LogP) is 0.993. The van der Waals surface area contributed by atoms with Gasteiger partial charge in [0.05, 0.1) is 5.69 Å². The van der Waals surface area contributed by atoms with Crippen LogP contribution in [0.3, 0.4) is 0 Å². The number of hydrogen-bond acceptors (Lipinski definition) is 3. The van der Waals surface area contributed by atoms with Crippen molar-refractivity contribution < 1.29 is 0 Å². The number of rotatable bonds is 1. The third-order valence-corrected chi connectivity index (χ3v) is 2.49. The van der Waals surface area contributed by atoms with E-state index in [1.54, 1.807) is 4.68 Å². The normalized spacial score (nSPS) is 17.8. The number of aryl methyl sites for hydroxylation is 1. The number of anilines is 2. The lowest BCUT2D eigenvalue weighted by atomic mass is 10.1. The van der Waals surface area contributed by atoms with Gasteiger partial charge >= 0.3 is 0 Å². The highest BCUT2D eigenvalue weighted by Crippen LogP contribution is 2.23. The maximum atomic E-state index is 5.85. The van der Waals surface area contributed by atoms with Gasteiger partial charge in [-0.3, -0.25) is 4.68 Å². The molecule has 2 heterocycles. The van der Waals surface area contributed by atoms with Crippen LogP contribution in [0.2, 0.25) is 0 Å². The summed E-state index contributed by atoms with van der Waals surface area (Å²) in [6, 6.07) is 0. The Kier molecular flexibility index (Phi) is 2.12. The van der Waals surface area contributed by atoms with Crippen molar-refractivity contribution in [1.29, 1.82) is 0 Å². The number of nitrogen functional groups attached to an aromatic ring is 1. The van der Waals surface area contributed by atoms with Crippen molar-refractivity contribution >= 4 is 11.5 Å². The van der Waals surface area contributed by atoms with Crippen molar-refractivity contribution in [3.05, 3.63) is 6.20 Å². The largest absolute Gasteiger partial charge is 0.394 e. The van der Waals surface area contributed by atoms with Crippen LogP contribution in [0, 0.1) is 0 Å². The van der Waals surface area contributed by atoms with Crippen LogP contribution in [0.1, 0.15) is 19.3 Å². The van der Waals surface area contributed by atoms with E-state index in [4.69, 9.17) is 5.73 Å². The number of piperidine rings is 1. The first kappa shape index (κ1) is 8.41. The molecule has 2 N–H and O–H groups in total. The van der Waals surface area contributed by atoms with Gasteiger partial charge in [-0.1, -0.05) is 0 Å². The zero-order valence-electron chi connectivity index (χ0n) is 8.03. The molecule has 1 aromatic heterocycles. The first-order chi connectivity index (χ1) is 6.27. The van der Waals surface area contributed by atoms with E-state index in [0.29, 0.717) is 0 Å². The first-order valence-electron chi connectivity index (χ1n) is 4.81. The molecule has 0 saturated carbocycles. The molecule has 0 aliphatic carbocycles. The van der Waals surface area contributed by atoms with Gasteiger partial charge in [0.25, 0.3) is 0 Å². The van der Waals surface area contributed by atoms with Crippen LogP contribution in [0.4, 0.5) is 11.5 Å². The Bertz CT molecular complexity index is 286. The molecule has 1 aromatic rings. The molecule has 1 saturated heterocycles. The summed E-state index contributed by atoms with van der Waals surface area (Å²) in [5.74, 6) is 0.960. The van der Waals surface area contributed by atoms with Gasteiger partial charge in [0.2, 0.25) is 0 Å². The standard InChI is InChI=1S/C9H16N4/c1-12-7-8(10)9(11-12)13-5-3-2-4-6-13/h7H,2-6,10H2,1H3. The van der Waals surface area contributed by atoms with Crippen molar-refractivity contribution in [2.24, 2.45) is 7.05 Å². The Labute approximate surface area is 78.3 Å². The van der Waals surface area contributed by atoms with Gasteiger partial charge in [0.15, 0.2) is 5.82 Å². The minimum absolute atomic E-state index is 0.796. The van der Waals surface area contributed by atoms with E-state index in [1.165, 1.54) is 19.3 Å². The zero-order chi connectivity index (χ0) is 9.26. The molecule has 1 aliphatic rings. The molecule has 0 spiro atoms. The van der Waals surface area contributed by atoms with E-state index in [0.717, 1.165) is 24.6 Å². The molecule has 0 bridgehead atoms. The lowest BCUT2D eigenvalue weighted by Gasteiger charge is -2.26. The number of aromatic nitrogens is 2. The fourth-order valence-corrected chi connectivity index (χ4v) is 1.85. The van der Waals surface area contributed by atoms with Gasteiger partial charge in [0, 0.05) is 26.3 Å². The zero-order valence-corrected chi connectivity index (χ0v) is 8.03. The fourth-order valence-electron chi connectivity index (χ4n) is 1.85. The van der Waals surface area contributed by atoms with Crippen LogP contribution in [-0.2, 0) is 7.05 Å². The number of hydrogen-bond donors (Lipinski definition) is 1. The quantitative estimate of drug-likeness (QED) is 0.701. The van der Waals surface area contributed by atoms with Crippen molar-refractivity contribution in [1.82, 2.24) is 9.78 Å². The lowest BCUT2D eigenvalue weighted by molar-refractivity contribution is 0.570. The fraction of sp³-hybridized carbons (Fsp3) is 0.667. The summed E-state index contributed by atoms with van der Waals surface area (Å²) in [4.78, 5) is 2.28. The monoisotopic (exact) mass is 180 g/mol. The van der Waals surface area contributed by atoms with E-state index >= 15 is 0 Å². The molecule has 4 heteroatoms. The average molecular weight is 180 g/mol. The Morgan fingerprint density at radius 1 is 1.31 bits per heavy atom. The van der Waals surface area contributed by atoms with Crippen LogP contribution in [0.15, 0.2) is 6.20 Å². The topological polar surface area (TPSA) is 47.1 Å². The van der Waals surface area contributed by atoms with Gasteiger partial charge in [-0.05, 0) is 19.3 Å². The Hall–Kier alpha value is -1.19. The number of nitrogens with zero attached hydrogens (tertiary/aromatic N) is 3. The highest BCUT2D eigenvalue weighted by Gasteiger charge is 2.15. The SMILES string of the molecule is Cn1cc(N)c(N2CCCCC2)n1. The van der Waals surface area contributed by atoms with Crippen molar-refractivity contribution in [2.75, 3.05) is 23.7 Å². The Morgan fingerprint density at radius 2 is 2.00 bits per heavy atom. The maximum Gasteiger partial charge on any atom is 0.173 e. The van der Waals surface area contributed by atoms with Crippen LogP contribution in [-0.4, -0.2) is 22.9 Å². The second-order valence-electron chi connectivity index (χ2n) is 3.63. The summed E-state index contributed by atoms with van der Waals surface area (Å²) in [6.07, 6.45) is 5.72. The summed E-state index contributed by atoms with van der Waals surface area (Å²) in [7, 11) is 1.91. The molecule has 0 atom stereocenters. The minimum Gasteiger partial charge on any atom is -0.394 e. The molecular weight excluding hydrogens is 164 g/mol. The van der Waals surface area contributed by atoms with Gasteiger partial charge in [-0.2, -0.15) is 5.10 Å². The summed E-state index contributed by atoms with van der Waals surface area (Å²) < 4.78 is 1.78. The third-order valence-electron chi connectivity index (χ3n) is 2.49. The molecule has 0 radical (unpaired) electrons. The lowest BCUT2D eigenvalue weighted by Crippen LogP contribution is -2.30. The molecule has 0 unspecified atom stereocenters. The van der Waals surface area contributed by atoms with E-state index in [1.807, 2.05) is 13.2 Å². The van der Waals surface area contributed by atoms with Gasteiger partial charge in [-0.15, -0.1) is 0 Å². The van der Waals surface area contributed by atoms with E-state index in [2.05, 4.69) is 10.00 Å². The number of nitrogens with two attached hydrogens (primary N) is 1. The second kappa shape index (κ2) is 3.28. The predicted molar refractivity (Wildman–Crippen MR) is 53.7 cm³/mol. The Morgan fingerprint density at radius 3 is 2.54 bits per heavy atom. The minimum atomic E-state index is 0.796. The van der Waals surface area contributed by atoms with Crippen LogP contribution in [0.25, 0.3) is 0 Å². The molecule has 4 nitrogen and oxygen atoms in total. The highest BCUT2D eigenvalue weighted by atomic mass is 15.3. The molecule has 1 fully saturated rings. The third kappa shape index (κ3) is 1.61. The summed E-state index contributed by atoms with van der Waals surface area (Å²) in [5.41, 5.74) is 6.64. The van der Waals surface area contributed by atoms with Crippen LogP contribution >= 0.6 is 0 Å². The molecular formula is C9H16N4. The molecule has 1 aliphatic heterocycles. The Balaban J connectivity index is 2.18. The molecule has 0 amide bonds. The van der Waals surface area contributed by atoms with Gasteiger partial charge < -0.3 is 10.6 Å². The maximum absolute atomic E-state index is 5.85. The smallest absolute Gasteiger partial charge is 0.173 e. The highest BCUT2D eigenvalue weighted by molar-refractivity contribution is 5.61. The molecule has 0 aromatic carbocycles. The first-order valence-corrected chi connectivity index (χ1v) is 4.81. The average Bonchev–Trinajstić information content (AvgIpc) is 2.47. The molecule has 2 rings (SSSR count). The van der Waals surface area contributed by atoms with Gasteiger partial charge in [-0.25, -0.2) is 0 Å². The molecule has 72 valence electrons. The van der Waals surface area contributed by atoms with E-state index in [-0.39, 0.29) is 0 Å². The van der Waals surface area contributed by atoms with Crippen molar-refractivity contribution in [2.45, 2.75) is 19.3 Å². The second-order valence-corrected chi connectivity index (χ2v) is 3.63. The summed E-state index contributed by atoms with van der Waals surface area (Å²) >= 11 is 0. The van der Waals surface area contributed by atoms with Crippen molar-refractivity contribution in [3.8, 4) is 0 Å². The van der Waals surface area contributed by atoms with Crippen LogP contribution in [0.5, 0.6) is 0 Å². The van der Waals surface area contributed by atoms with E-state index in [9.17, 15) is 0 Å². The van der Waals surface area contributed by atoms with Gasteiger partial charge in [0.1, 0.15) is 0 Å². The summed E-state index contributed by atoms with van der Waals surface area (Å²) in [6.45, 7) is 2.20.